The van der Waals surface area contributed by atoms with Crippen molar-refractivity contribution in [2.24, 2.45) is 0 Å². The number of nitrogens with one attached hydrogen (secondary N) is 1. The van der Waals surface area contributed by atoms with Gasteiger partial charge in [0.1, 0.15) is 5.69 Å². The number of halogens is 1. The topological polar surface area (TPSA) is 51.2 Å². The molecule has 0 aliphatic carbocycles. The van der Waals surface area contributed by atoms with E-state index in [1.165, 1.54) is 0 Å². The summed E-state index contributed by atoms with van der Waals surface area (Å²) in [7, 11) is 0. The Morgan fingerprint density at radius 1 is 1.67 bits per heavy atom. The first-order valence-electron chi connectivity index (χ1n) is 4.77. The monoisotopic (exact) mass is 226 g/mol. The molecule has 0 aromatic carbocycles. The van der Waals surface area contributed by atoms with Crippen LogP contribution in [-0.4, -0.2) is 17.0 Å². The predicted molar refractivity (Wildman–Crippen MR) is 57.1 cm³/mol. The Hall–Kier alpha value is -1.29. The van der Waals surface area contributed by atoms with Crippen molar-refractivity contribution in [2.75, 3.05) is 5.32 Å². The smallest absolute Gasteiger partial charge is 0.265 e. The quantitative estimate of drug-likeness (QED) is 0.784. The van der Waals surface area contributed by atoms with Gasteiger partial charge >= 0.3 is 0 Å². The van der Waals surface area contributed by atoms with Gasteiger partial charge in [-0.05, 0) is 18.1 Å². The summed E-state index contributed by atoms with van der Waals surface area (Å²) in [5.74, 6) is 0.710. The van der Waals surface area contributed by atoms with Crippen LogP contribution in [0.2, 0.25) is 0 Å². The molecule has 1 N–H and O–H groups in total. The standard InChI is InChI=1S/C10H11ClN2O2/c1-2-8-9(14)13-7-3-6(4-11)5-12-10(7)15-8/h3,5,8H,2,4H2,1H3,(H,13,14). The average molecular weight is 227 g/mol. The molecule has 0 saturated heterocycles. The molecule has 5 heteroatoms. The Morgan fingerprint density at radius 3 is 3.13 bits per heavy atom. The van der Waals surface area contributed by atoms with Gasteiger partial charge in [-0.1, -0.05) is 6.92 Å². The molecule has 0 spiro atoms. The van der Waals surface area contributed by atoms with Crippen molar-refractivity contribution in [1.82, 2.24) is 4.98 Å². The van der Waals surface area contributed by atoms with Crippen LogP contribution in [0.25, 0.3) is 0 Å². The minimum absolute atomic E-state index is 0.126. The van der Waals surface area contributed by atoms with E-state index in [-0.39, 0.29) is 5.91 Å². The molecule has 2 rings (SSSR count). The van der Waals surface area contributed by atoms with E-state index < -0.39 is 6.10 Å². The molecule has 0 radical (unpaired) electrons. The van der Waals surface area contributed by atoms with Crippen molar-refractivity contribution in [1.29, 1.82) is 0 Å². The average Bonchev–Trinajstić information content (AvgIpc) is 2.27. The molecular weight excluding hydrogens is 216 g/mol. The van der Waals surface area contributed by atoms with E-state index >= 15 is 0 Å². The second-order valence-corrected chi connectivity index (χ2v) is 3.60. The molecule has 0 bridgehead atoms. The van der Waals surface area contributed by atoms with Crippen LogP contribution in [0.1, 0.15) is 18.9 Å². The number of hydrogen-bond acceptors (Lipinski definition) is 3. The highest BCUT2D eigenvalue weighted by molar-refractivity contribution is 6.17. The van der Waals surface area contributed by atoms with E-state index in [1.54, 1.807) is 12.3 Å². The SMILES string of the molecule is CCC1Oc2ncc(CCl)cc2NC1=O. The van der Waals surface area contributed by atoms with Crippen molar-refractivity contribution in [3.05, 3.63) is 17.8 Å². The van der Waals surface area contributed by atoms with Gasteiger partial charge in [0.05, 0.1) is 0 Å². The van der Waals surface area contributed by atoms with Crippen LogP contribution in [0.15, 0.2) is 12.3 Å². The van der Waals surface area contributed by atoms with E-state index in [9.17, 15) is 4.79 Å². The highest BCUT2D eigenvalue weighted by atomic mass is 35.5. The number of fused-ring (bicyclic) bond motifs is 1. The molecule has 1 aliphatic heterocycles. The molecule has 1 unspecified atom stereocenters. The van der Waals surface area contributed by atoms with Gasteiger partial charge in [-0.25, -0.2) is 4.98 Å². The summed E-state index contributed by atoms with van der Waals surface area (Å²) in [6.07, 6.45) is 1.84. The van der Waals surface area contributed by atoms with E-state index in [0.717, 1.165) is 5.56 Å². The first-order chi connectivity index (χ1) is 7.24. The summed E-state index contributed by atoms with van der Waals surface area (Å²) < 4.78 is 5.43. The zero-order chi connectivity index (χ0) is 10.8. The molecule has 1 amide bonds. The van der Waals surface area contributed by atoms with Crippen LogP contribution in [0, 0.1) is 0 Å². The van der Waals surface area contributed by atoms with Crippen molar-refractivity contribution in [3.8, 4) is 5.88 Å². The first kappa shape index (κ1) is 10.2. The summed E-state index contributed by atoms with van der Waals surface area (Å²) in [6.45, 7) is 1.89. The number of rotatable bonds is 2. The molecule has 0 fully saturated rings. The lowest BCUT2D eigenvalue weighted by molar-refractivity contribution is -0.123. The first-order valence-corrected chi connectivity index (χ1v) is 5.30. The summed E-state index contributed by atoms with van der Waals surface area (Å²) in [4.78, 5) is 15.6. The number of anilines is 1. The molecule has 15 heavy (non-hydrogen) atoms. The largest absolute Gasteiger partial charge is 0.463 e. The number of ether oxygens (including phenoxy) is 1. The number of amides is 1. The number of aromatic nitrogens is 1. The van der Waals surface area contributed by atoms with Gasteiger partial charge in [-0.15, -0.1) is 11.6 Å². The van der Waals surface area contributed by atoms with Crippen LogP contribution in [0.5, 0.6) is 5.88 Å². The molecule has 1 aliphatic rings. The number of pyridine rings is 1. The Balaban J connectivity index is 2.32. The molecular formula is C10H11ClN2O2. The van der Waals surface area contributed by atoms with Crippen molar-refractivity contribution in [2.45, 2.75) is 25.3 Å². The maximum atomic E-state index is 11.5. The molecule has 1 aromatic heterocycles. The van der Waals surface area contributed by atoms with Gasteiger partial charge in [-0.3, -0.25) is 4.79 Å². The van der Waals surface area contributed by atoms with Crippen LogP contribution in [0.4, 0.5) is 5.69 Å². The second kappa shape index (κ2) is 4.06. The van der Waals surface area contributed by atoms with E-state index in [4.69, 9.17) is 16.3 Å². The Morgan fingerprint density at radius 2 is 2.47 bits per heavy atom. The van der Waals surface area contributed by atoms with E-state index in [2.05, 4.69) is 10.3 Å². The zero-order valence-electron chi connectivity index (χ0n) is 8.29. The second-order valence-electron chi connectivity index (χ2n) is 3.33. The Labute approximate surface area is 92.6 Å². The number of alkyl halides is 1. The highest BCUT2D eigenvalue weighted by Gasteiger charge is 2.26. The molecule has 4 nitrogen and oxygen atoms in total. The maximum Gasteiger partial charge on any atom is 0.265 e. The van der Waals surface area contributed by atoms with Gasteiger partial charge in [-0.2, -0.15) is 0 Å². The number of carbonyl (C=O) groups is 1. The maximum absolute atomic E-state index is 11.5. The number of nitrogens with zero attached hydrogens (tertiary/aromatic N) is 1. The van der Waals surface area contributed by atoms with Gasteiger partial charge in [0.15, 0.2) is 6.10 Å². The van der Waals surface area contributed by atoms with Crippen molar-refractivity contribution < 1.29 is 9.53 Å². The van der Waals surface area contributed by atoms with Crippen molar-refractivity contribution >= 4 is 23.2 Å². The third-order valence-electron chi connectivity index (χ3n) is 2.24. The summed E-state index contributed by atoms with van der Waals surface area (Å²) >= 11 is 5.67. The molecule has 80 valence electrons. The lowest BCUT2D eigenvalue weighted by Crippen LogP contribution is -2.36. The number of hydrogen-bond donors (Lipinski definition) is 1. The van der Waals surface area contributed by atoms with Gasteiger partial charge in [0.25, 0.3) is 5.91 Å². The molecule has 1 atom stereocenters. The van der Waals surface area contributed by atoms with Gasteiger partial charge < -0.3 is 10.1 Å². The minimum atomic E-state index is -0.438. The summed E-state index contributed by atoms with van der Waals surface area (Å²) in [6, 6.07) is 1.78. The summed E-state index contributed by atoms with van der Waals surface area (Å²) in [5.41, 5.74) is 1.46. The van der Waals surface area contributed by atoms with Crippen molar-refractivity contribution in [3.63, 3.8) is 0 Å². The van der Waals surface area contributed by atoms with E-state index in [1.807, 2.05) is 6.92 Å². The Bertz CT molecular complexity index is 395. The fraction of sp³-hybridized carbons (Fsp3) is 0.400. The fourth-order valence-corrected chi connectivity index (χ4v) is 1.57. The summed E-state index contributed by atoms with van der Waals surface area (Å²) in [5, 5.41) is 2.75. The minimum Gasteiger partial charge on any atom is -0.463 e. The highest BCUT2D eigenvalue weighted by Crippen LogP contribution is 2.28. The van der Waals surface area contributed by atoms with E-state index in [0.29, 0.717) is 23.9 Å². The lowest BCUT2D eigenvalue weighted by Gasteiger charge is -2.24. The van der Waals surface area contributed by atoms with Gasteiger partial charge in [0.2, 0.25) is 5.88 Å². The molecule has 1 aromatic rings. The van der Waals surface area contributed by atoms with Crippen LogP contribution >= 0.6 is 11.6 Å². The van der Waals surface area contributed by atoms with Gasteiger partial charge in [0, 0.05) is 12.1 Å². The number of carbonyl (C=O) groups excluding carboxylic acids is 1. The predicted octanol–water partition coefficient (Wildman–Crippen LogP) is 1.93. The fourth-order valence-electron chi connectivity index (χ4n) is 1.42. The molecule has 0 saturated carbocycles. The zero-order valence-corrected chi connectivity index (χ0v) is 9.04. The third kappa shape index (κ3) is 1.90. The van der Waals surface area contributed by atoms with Crippen LogP contribution < -0.4 is 10.1 Å². The molecule has 2 heterocycles. The lowest BCUT2D eigenvalue weighted by atomic mass is 10.2. The Kier molecular flexibility index (Phi) is 2.77. The normalized spacial score (nSPS) is 19.1. The third-order valence-corrected chi connectivity index (χ3v) is 2.55. The van der Waals surface area contributed by atoms with Crippen LogP contribution in [-0.2, 0) is 10.7 Å². The van der Waals surface area contributed by atoms with Crippen LogP contribution in [0.3, 0.4) is 0 Å².